The van der Waals surface area contributed by atoms with E-state index in [1.54, 1.807) is 6.92 Å². The van der Waals surface area contributed by atoms with Crippen molar-refractivity contribution in [2.75, 3.05) is 13.6 Å². The molecule has 0 aromatic carbocycles. The van der Waals surface area contributed by atoms with Crippen LogP contribution in [0.15, 0.2) is 0 Å². The number of ketones is 1. The van der Waals surface area contributed by atoms with Gasteiger partial charge in [0.05, 0.1) is 6.04 Å². The molecule has 0 bridgehead atoms. The molecule has 4 heteroatoms. The summed E-state index contributed by atoms with van der Waals surface area (Å²) in [6.45, 7) is 4.63. The van der Waals surface area contributed by atoms with Crippen molar-refractivity contribution in [3.8, 4) is 0 Å². The summed E-state index contributed by atoms with van der Waals surface area (Å²) in [5.41, 5.74) is 0. The highest BCUT2D eigenvalue weighted by atomic mass is 16.2. The van der Waals surface area contributed by atoms with Crippen LogP contribution in [-0.2, 0) is 9.59 Å². The Balaban J connectivity index is 3.77. The van der Waals surface area contributed by atoms with Crippen LogP contribution in [-0.4, -0.2) is 31.3 Å². The van der Waals surface area contributed by atoms with Gasteiger partial charge in [-0.1, -0.05) is 26.2 Å². The van der Waals surface area contributed by atoms with Gasteiger partial charge in [-0.3, -0.25) is 9.59 Å². The molecule has 1 unspecified atom stereocenters. The molecule has 0 aromatic rings. The number of amides is 1. The Morgan fingerprint density at radius 1 is 1.11 bits per heavy atom. The van der Waals surface area contributed by atoms with Gasteiger partial charge in [0.15, 0.2) is 5.78 Å². The zero-order valence-corrected chi connectivity index (χ0v) is 12.1. The monoisotopic (exact) mass is 256 g/mol. The number of rotatable bonds is 11. The molecule has 0 rings (SSSR count). The third-order valence-corrected chi connectivity index (χ3v) is 3.00. The maximum Gasteiger partial charge on any atom is 0.220 e. The lowest BCUT2D eigenvalue weighted by atomic mass is 10.1. The summed E-state index contributed by atoms with van der Waals surface area (Å²) >= 11 is 0. The quantitative estimate of drug-likeness (QED) is 0.556. The van der Waals surface area contributed by atoms with Crippen LogP contribution < -0.4 is 10.6 Å². The lowest BCUT2D eigenvalue weighted by Gasteiger charge is -2.15. The van der Waals surface area contributed by atoms with E-state index in [0.29, 0.717) is 6.42 Å². The summed E-state index contributed by atoms with van der Waals surface area (Å²) in [4.78, 5) is 23.1. The van der Waals surface area contributed by atoms with Crippen molar-refractivity contribution >= 4 is 11.7 Å². The maximum atomic E-state index is 11.7. The first kappa shape index (κ1) is 17.1. The van der Waals surface area contributed by atoms with Gasteiger partial charge >= 0.3 is 0 Å². The standard InChI is InChI=1S/C14H28N2O2/c1-4-5-9-13(12(2)17)16-14(18)10-7-6-8-11-15-3/h13,15H,4-11H2,1-3H3,(H,16,18). The second-order valence-electron chi connectivity index (χ2n) is 4.79. The van der Waals surface area contributed by atoms with E-state index in [1.165, 1.54) is 0 Å². The highest BCUT2D eigenvalue weighted by Crippen LogP contribution is 2.04. The molecule has 1 atom stereocenters. The number of Topliss-reactive ketones (excluding diaryl/α,β-unsaturated/α-hetero) is 1. The first-order valence-corrected chi connectivity index (χ1v) is 7.06. The van der Waals surface area contributed by atoms with Crippen LogP contribution in [0.5, 0.6) is 0 Å². The third kappa shape index (κ3) is 9.16. The predicted octanol–water partition coefficient (Wildman–Crippen LogP) is 2.03. The van der Waals surface area contributed by atoms with E-state index in [9.17, 15) is 9.59 Å². The molecule has 106 valence electrons. The molecular formula is C14H28N2O2. The molecule has 0 aliphatic rings. The van der Waals surface area contributed by atoms with E-state index in [1.807, 2.05) is 7.05 Å². The highest BCUT2D eigenvalue weighted by molar-refractivity contribution is 5.87. The SMILES string of the molecule is CCCCC(NC(=O)CCCCCNC)C(C)=O. The van der Waals surface area contributed by atoms with Crippen LogP contribution in [0.25, 0.3) is 0 Å². The molecule has 0 saturated carbocycles. The molecule has 0 fully saturated rings. The van der Waals surface area contributed by atoms with Crippen LogP contribution in [0.3, 0.4) is 0 Å². The molecule has 0 spiro atoms. The summed E-state index contributed by atoms with van der Waals surface area (Å²) in [7, 11) is 1.93. The van der Waals surface area contributed by atoms with Gasteiger partial charge in [-0.2, -0.15) is 0 Å². The fourth-order valence-electron chi connectivity index (χ4n) is 1.82. The summed E-state index contributed by atoms with van der Waals surface area (Å²) in [5, 5.41) is 5.92. The highest BCUT2D eigenvalue weighted by Gasteiger charge is 2.15. The van der Waals surface area contributed by atoms with Crippen LogP contribution >= 0.6 is 0 Å². The minimum atomic E-state index is -0.283. The van der Waals surface area contributed by atoms with Crippen LogP contribution in [0.1, 0.15) is 58.8 Å². The van der Waals surface area contributed by atoms with Gasteiger partial charge in [-0.25, -0.2) is 0 Å². The molecule has 18 heavy (non-hydrogen) atoms. The Morgan fingerprint density at radius 3 is 2.39 bits per heavy atom. The van der Waals surface area contributed by atoms with Crippen molar-refractivity contribution in [1.82, 2.24) is 10.6 Å². The van der Waals surface area contributed by atoms with Gasteiger partial charge in [0.25, 0.3) is 0 Å². The minimum absolute atomic E-state index is 0.00996. The first-order chi connectivity index (χ1) is 8.61. The zero-order valence-electron chi connectivity index (χ0n) is 12.1. The third-order valence-electron chi connectivity index (χ3n) is 3.00. The topological polar surface area (TPSA) is 58.2 Å². The number of carbonyl (C=O) groups excluding carboxylic acids is 2. The average molecular weight is 256 g/mol. The fourth-order valence-corrected chi connectivity index (χ4v) is 1.82. The van der Waals surface area contributed by atoms with Crippen molar-refractivity contribution in [3.05, 3.63) is 0 Å². The largest absolute Gasteiger partial charge is 0.346 e. The second kappa shape index (κ2) is 11.2. The number of unbranched alkanes of at least 4 members (excludes halogenated alkanes) is 3. The lowest BCUT2D eigenvalue weighted by Crippen LogP contribution is -2.39. The van der Waals surface area contributed by atoms with Crippen molar-refractivity contribution in [2.24, 2.45) is 0 Å². The summed E-state index contributed by atoms with van der Waals surface area (Å²) in [6.07, 6.45) is 6.35. The molecule has 1 amide bonds. The molecule has 0 aliphatic heterocycles. The average Bonchev–Trinajstić information content (AvgIpc) is 2.33. The maximum absolute atomic E-state index is 11.7. The molecule has 0 saturated heterocycles. The van der Waals surface area contributed by atoms with Gasteiger partial charge in [0.1, 0.15) is 0 Å². The van der Waals surface area contributed by atoms with Crippen molar-refractivity contribution in [1.29, 1.82) is 0 Å². The van der Waals surface area contributed by atoms with E-state index in [-0.39, 0.29) is 17.7 Å². The normalized spacial score (nSPS) is 12.2. The number of carbonyl (C=O) groups is 2. The van der Waals surface area contributed by atoms with Gasteiger partial charge in [-0.15, -0.1) is 0 Å². The Kier molecular flexibility index (Phi) is 10.6. The summed E-state index contributed by atoms with van der Waals surface area (Å²) < 4.78 is 0. The number of hydrogen-bond donors (Lipinski definition) is 2. The number of hydrogen-bond acceptors (Lipinski definition) is 3. The van der Waals surface area contributed by atoms with E-state index in [2.05, 4.69) is 17.6 Å². The summed E-state index contributed by atoms with van der Waals surface area (Å²) in [5.74, 6) is 0.0720. The molecule has 2 N–H and O–H groups in total. The van der Waals surface area contributed by atoms with Crippen molar-refractivity contribution in [2.45, 2.75) is 64.8 Å². The van der Waals surface area contributed by atoms with E-state index in [4.69, 9.17) is 0 Å². The Bertz CT molecular complexity index is 242. The van der Waals surface area contributed by atoms with Gasteiger partial charge in [-0.05, 0) is 39.8 Å². The Labute approximate surface area is 111 Å². The lowest BCUT2D eigenvalue weighted by molar-refractivity contribution is -0.127. The van der Waals surface area contributed by atoms with E-state index in [0.717, 1.165) is 45.1 Å². The summed E-state index contributed by atoms with van der Waals surface area (Å²) in [6, 6.07) is -0.283. The molecule has 0 aliphatic carbocycles. The molecule has 0 aromatic heterocycles. The van der Waals surface area contributed by atoms with Crippen molar-refractivity contribution < 1.29 is 9.59 Å². The Hall–Kier alpha value is -0.900. The molecule has 0 heterocycles. The fraction of sp³-hybridized carbons (Fsp3) is 0.857. The van der Waals surface area contributed by atoms with Crippen molar-refractivity contribution in [3.63, 3.8) is 0 Å². The minimum Gasteiger partial charge on any atom is -0.346 e. The van der Waals surface area contributed by atoms with E-state index >= 15 is 0 Å². The van der Waals surface area contributed by atoms with Gasteiger partial charge in [0, 0.05) is 6.42 Å². The van der Waals surface area contributed by atoms with Crippen LogP contribution in [0, 0.1) is 0 Å². The predicted molar refractivity (Wildman–Crippen MR) is 74.5 cm³/mol. The molecule has 0 radical (unpaired) electrons. The Morgan fingerprint density at radius 2 is 1.83 bits per heavy atom. The first-order valence-electron chi connectivity index (χ1n) is 7.06. The van der Waals surface area contributed by atoms with E-state index < -0.39 is 0 Å². The smallest absolute Gasteiger partial charge is 0.220 e. The van der Waals surface area contributed by atoms with Crippen LogP contribution in [0.4, 0.5) is 0 Å². The second-order valence-corrected chi connectivity index (χ2v) is 4.79. The molecule has 4 nitrogen and oxygen atoms in total. The van der Waals surface area contributed by atoms with Gasteiger partial charge < -0.3 is 10.6 Å². The zero-order chi connectivity index (χ0) is 13.8. The number of nitrogens with one attached hydrogen (secondary N) is 2. The molecular weight excluding hydrogens is 228 g/mol. The van der Waals surface area contributed by atoms with Gasteiger partial charge in [0.2, 0.25) is 5.91 Å². The van der Waals surface area contributed by atoms with Crippen LogP contribution in [0.2, 0.25) is 0 Å².